The van der Waals surface area contributed by atoms with Gasteiger partial charge in [0.2, 0.25) is 0 Å². The monoisotopic (exact) mass is 382 g/mol. The molecule has 0 radical (unpaired) electrons. The quantitative estimate of drug-likeness (QED) is 0.511. The van der Waals surface area contributed by atoms with Crippen LogP contribution in [-0.4, -0.2) is 11.2 Å². The smallest absolute Gasteiger partial charge is 0.0758 e. The molecule has 0 aliphatic heterocycles. The van der Waals surface area contributed by atoms with Gasteiger partial charge < -0.3 is 5.11 Å². The van der Waals surface area contributed by atoms with Crippen molar-refractivity contribution in [1.82, 2.24) is 0 Å². The summed E-state index contributed by atoms with van der Waals surface area (Å²) in [5.74, 6) is 4.74. The van der Waals surface area contributed by atoms with Crippen molar-refractivity contribution in [2.75, 3.05) is 0 Å². The minimum absolute atomic E-state index is 0.126. The number of aliphatic hydroxyl groups excluding tert-OH is 1. The number of hydrogen-bond donors (Lipinski definition) is 1. The Hall–Kier alpha value is -0.820. The van der Waals surface area contributed by atoms with Crippen LogP contribution in [0.5, 0.6) is 0 Å². The van der Waals surface area contributed by atoms with Crippen LogP contribution in [0.4, 0.5) is 0 Å². The van der Waals surface area contributed by atoms with Crippen LogP contribution < -0.4 is 0 Å². The molecule has 28 heavy (non-hydrogen) atoms. The molecule has 156 valence electrons. The van der Waals surface area contributed by atoms with E-state index in [1.54, 1.807) is 0 Å². The van der Waals surface area contributed by atoms with Gasteiger partial charge in [-0.3, -0.25) is 0 Å². The first-order valence-electron chi connectivity index (χ1n) is 12.0. The summed E-state index contributed by atoms with van der Waals surface area (Å²) in [6.07, 6.45) is 20.9. The van der Waals surface area contributed by atoms with Crippen molar-refractivity contribution in [2.45, 2.75) is 85.7 Å². The lowest BCUT2D eigenvalue weighted by atomic mass is 9.50. The van der Waals surface area contributed by atoms with E-state index in [1.165, 1.54) is 44.1 Å². The molecular weight excluding hydrogens is 340 g/mol. The van der Waals surface area contributed by atoms with E-state index < -0.39 is 0 Å². The zero-order valence-electron chi connectivity index (χ0n) is 18.8. The van der Waals surface area contributed by atoms with Crippen LogP contribution >= 0.6 is 0 Å². The molecule has 0 aromatic rings. The largest absolute Gasteiger partial charge is 0.389 e. The maximum absolute atomic E-state index is 10.1. The Bertz CT molecular complexity index is 670. The third-order valence-electron chi connectivity index (χ3n) is 9.27. The summed E-state index contributed by atoms with van der Waals surface area (Å²) in [4.78, 5) is 0. The van der Waals surface area contributed by atoms with Crippen LogP contribution in [0.2, 0.25) is 0 Å². The molecule has 8 atom stereocenters. The van der Waals surface area contributed by atoms with Crippen LogP contribution in [-0.2, 0) is 0 Å². The summed E-state index contributed by atoms with van der Waals surface area (Å²) in [5, 5.41) is 10.1. The number of fused-ring (bicyclic) bond motifs is 5. The Labute approximate surface area is 173 Å². The van der Waals surface area contributed by atoms with Crippen molar-refractivity contribution < 1.29 is 5.11 Å². The Kier molecular flexibility index (Phi) is 5.45. The van der Waals surface area contributed by atoms with Crippen molar-refractivity contribution >= 4 is 0 Å². The van der Waals surface area contributed by atoms with Crippen molar-refractivity contribution in [1.29, 1.82) is 0 Å². The second-order valence-corrected chi connectivity index (χ2v) is 11.4. The lowest BCUT2D eigenvalue weighted by Gasteiger charge is -2.54. The van der Waals surface area contributed by atoms with Gasteiger partial charge in [-0.2, -0.15) is 0 Å². The van der Waals surface area contributed by atoms with Crippen molar-refractivity contribution in [3.63, 3.8) is 0 Å². The number of hydrogen-bond acceptors (Lipinski definition) is 1. The van der Waals surface area contributed by atoms with E-state index >= 15 is 0 Å². The molecule has 4 aliphatic rings. The Balaban J connectivity index is 1.55. The molecule has 1 fully saturated rings. The molecule has 0 heterocycles. The summed E-state index contributed by atoms with van der Waals surface area (Å²) >= 11 is 0. The van der Waals surface area contributed by atoms with Crippen LogP contribution in [0.1, 0.15) is 79.6 Å². The van der Waals surface area contributed by atoms with Crippen LogP contribution in [0, 0.1) is 46.3 Å². The molecule has 0 aromatic carbocycles. The van der Waals surface area contributed by atoms with Gasteiger partial charge in [-0.05, 0) is 66.6 Å². The Morgan fingerprint density at radius 1 is 1.07 bits per heavy atom. The van der Waals surface area contributed by atoms with Crippen molar-refractivity contribution in [3.05, 3.63) is 36.0 Å². The Morgan fingerprint density at radius 2 is 1.86 bits per heavy atom. The first-order chi connectivity index (χ1) is 13.3. The van der Waals surface area contributed by atoms with Crippen molar-refractivity contribution in [3.8, 4) is 0 Å². The first-order valence-corrected chi connectivity index (χ1v) is 12.0. The second kappa shape index (κ2) is 7.46. The standard InChI is InChI=1S/C27H42O/c1-18(2)7-6-8-19(3)23-11-12-24-22-10-9-20-17-21(28)13-15-26(20,4)25(22)14-16-27(23,24)5/h9,13-16,18-19,21-25,28H,6-8,10-12,17H2,1-5H3/t19-,21+,22+,23-,24+,25+,26+,27-/m1/s1. The highest BCUT2D eigenvalue weighted by molar-refractivity contribution is 5.36. The average molecular weight is 383 g/mol. The minimum atomic E-state index is -0.281. The maximum Gasteiger partial charge on any atom is 0.0758 e. The zero-order valence-corrected chi connectivity index (χ0v) is 18.8. The molecule has 1 heteroatoms. The van der Waals surface area contributed by atoms with Gasteiger partial charge >= 0.3 is 0 Å². The predicted octanol–water partition coefficient (Wildman–Crippen LogP) is 6.94. The summed E-state index contributed by atoms with van der Waals surface area (Å²) < 4.78 is 0. The van der Waals surface area contributed by atoms with Crippen LogP contribution in [0.25, 0.3) is 0 Å². The zero-order chi connectivity index (χ0) is 20.1. The fourth-order valence-electron chi connectivity index (χ4n) is 7.62. The minimum Gasteiger partial charge on any atom is -0.389 e. The molecule has 1 nitrogen and oxygen atoms in total. The van der Waals surface area contributed by atoms with E-state index in [0.29, 0.717) is 11.3 Å². The molecular formula is C27H42O. The van der Waals surface area contributed by atoms with E-state index in [2.05, 4.69) is 65.0 Å². The number of rotatable bonds is 5. The molecule has 0 bridgehead atoms. The van der Waals surface area contributed by atoms with E-state index in [1.807, 2.05) is 0 Å². The predicted molar refractivity (Wildman–Crippen MR) is 119 cm³/mol. The molecule has 0 spiro atoms. The van der Waals surface area contributed by atoms with Gasteiger partial charge in [-0.15, -0.1) is 0 Å². The third-order valence-corrected chi connectivity index (χ3v) is 9.27. The van der Waals surface area contributed by atoms with Gasteiger partial charge in [-0.1, -0.05) is 89.8 Å². The van der Waals surface area contributed by atoms with Gasteiger partial charge in [0.05, 0.1) is 6.10 Å². The first kappa shape index (κ1) is 20.5. The molecule has 0 saturated heterocycles. The SMILES string of the molecule is CC(C)CCC[C@@H](C)[C@H]1CC[C@H]2[C@@H]3CC=C4C[C@@H](O)C=C[C@]4(C)[C@H]3C=C[C@]12C. The van der Waals surface area contributed by atoms with Gasteiger partial charge in [0.1, 0.15) is 0 Å². The fourth-order valence-corrected chi connectivity index (χ4v) is 7.62. The third kappa shape index (κ3) is 3.26. The van der Waals surface area contributed by atoms with Gasteiger partial charge in [0.25, 0.3) is 0 Å². The topological polar surface area (TPSA) is 20.2 Å². The molecule has 1 saturated carbocycles. The van der Waals surface area contributed by atoms with E-state index in [0.717, 1.165) is 36.0 Å². The van der Waals surface area contributed by atoms with Gasteiger partial charge in [-0.25, -0.2) is 0 Å². The second-order valence-electron chi connectivity index (χ2n) is 11.4. The average Bonchev–Trinajstić information content (AvgIpc) is 2.99. The van der Waals surface area contributed by atoms with Crippen LogP contribution in [0.15, 0.2) is 36.0 Å². The molecule has 4 rings (SSSR count). The van der Waals surface area contributed by atoms with E-state index in [-0.39, 0.29) is 11.5 Å². The summed E-state index contributed by atoms with van der Waals surface area (Å²) in [6.45, 7) is 12.2. The van der Waals surface area contributed by atoms with Gasteiger partial charge in [0, 0.05) is 5.41 Å². The lowest BCUT2D eigenvalue weighted by Crippen LogP contribution is -2.47. The highest BCUT2D eigenvalue weighted by atomic mass is 16.3. The molecule has 4 aliphatic carbocycles. The number of aliphatic hydroxyl groups is 1. The van der Waals surface area contributed by atoms with Gasteiger partial charge in [0.15, 0.2) is 0 Å². The molecule has 0 amide bonds. The summed E-state index contributed by atoms with van der Waals surface area (Å²) in [5.41, 5.74) is 1.99. The van der Waals surface area contributed by atoms with E-state index in [4.69, 9.17) is 0 Å². The van der Waals surface area contributed by atoms with Crippen molar-refractivity contribution in [2.24, 2.45) is 46.3 Å². The lowest BCUT2D eigenvalue weighted by molar-refractivity contribution is 0.0558. The van der Waals surface area contributed by atoms with E-state index in [9.17, 15) is 5.11 Å². The maximum atomic E-state index is 10.1. The molecule has 1 N–H and O–H groups in total. The molecule has 0 unspecified atom stereocenters. The molecule has 0 aromatic heterocycles. The number of allylic oxidation sites excluding steroid dienone is 4. The summed E-state index contributed by atoms with van der Waals surface area (Å²) in [6, 6.07) is 0. The van der Waals surface area contributed by atoms with Crippen LogP contribution in [0.3, 0.4) is 0 Å². The summed E-state index contributed by atoms with van der Waals surface area (Å²) in [7, 11) is 0. The normalized spacial score (nSPS) is 45.4. The Morgan fingerprint density at radius 3 is 2.61 bits per heavy atom. The fraction of sp³-hybridized carbons (Fsp3) is 0.778. The highest BCUT2D eigenvalue weighted by Gasteiger charge is 2.56. The highest BCUT2D eigenvalue weighted by Crippen LogP contribution is 2.64.